The summed E-state index contributed by atoms with van der Waals surface area (Å²) in [5.74, 6) is 0.0619. The first kappa shape index (κ1) is 11.6. The van der Waals surface area contributed by atoms with E-state index in [2.05, 4.69) is 10.1 Å². The number of Topliss-reactive ketones (excluding diaryl/α,β-unsaturated/α-hetero) is 1. The molecule has 0 radical (unpaired) electrons. The highest BCUT2D eigenvalue weighted by Crippen LogP contribution is 2.13. The van der Waals surface area contributed by atoms with Crippen molar-refractivity contribution in [2.75, 3.05) is 0 Å². The van der Waals surface area contributed by atoms with Gasteiger partial charge in [-0.2, -0.15) is 5.10 Å². The average molecular weight is 251 g/mol. The Balaban J connectivity index is 1.90. The Hall–Kier alpha value is -2.49. The average Bonchev–Trinajstić information content (AvgIpc) is 2.85. The molecule has 1 aromatic carbocycles. The molecule has 0 aliphatic carbocycles. The molecule has 0 amide bonds. The van der Waals surface area contributed by atoms with Crippen molar-refractivity contribution in [2.24, 2.45) is 0 Å². The maximum Gasteiger partial charge on any atom is 0.171 e. The second-order valence-corrected chi connectivity index (χ2v) is 4.55. The summed E-state index contributed by atoms with van der Waals surface area (Å²) in [4.78, 5) is 16.3. The zero-order chi connectivity index (χ0) is 13.2. The zero-order valence-corrected chi connectivity index (χ0v) is 10.6. The van der Waals surface area contributed by atoms with E-state index in [-0.39, 0.29) is 5.78 Å². The van der Waals surface area contributed by atoms with Gasteiger partial charge < -0.3 is 0 Å². The number of fused-ring (bicyclic) bond motifs is 1. The van der Waals surface area contributed by atoms with Crippen molar-refractivity contribution in [3.05, 3.63) is 65.7 Å². The summed E-state index contributed by atoms with van der Waals surface area (Å²) in [6.45, 7) is 2.03. The Labute approximate surface area is 110 Å². The second-order valence-electron chi connectivity index (χ2n) is 4.55. The van der Waals surface area contributed by atoms with Crippen LogP contribution in [0.15, 0.2) is 49.1 Å². The lowest BCUT2D eigenvalue weighted by Gasteiger charge is -2.01. The van der Waals surface area contributed by atoms with Gasteiger partial charge >= 0.3 is 0 Å². The predicted molar refractivity (Wildman–Crippen MR) is 72.2 cm³/mol. The maximum atomic E-state index is 12.3. The third kappa shape index (κ3) is 2.25. The van der Waals surface area contributed by atoms with Crippen molar-refractivity contribution in [3.63, 3.8) is 0 Å². The first-order valence-electron chi connectivity index (χ1n) is 6.10. The van der Waals surface area contributed by atoms with Gasteiger partial charge in [-0.25, -0.2) is 4.52 Å². The maximum absolute atomic E-state index is 12.3. The Morgan fingerprint density at radius 1 is 1.21 bits per heavy atom. The Morgan fingerprint density at radius 3 is 2.79 bits per heavy atom. The fraction of sp³-hybridized carbons (Fsp3) is 0.133. The van der Waals surface area contributed by atoms with Crippen LogP contribution in [-0.2, 0) is 6.42 Å². The summed E-state index contributed by atoms with van der Waals surface area (Å²) in [5, 5.41) is 4.15. The number of benzene rings is 1. The molecule has 0 fully saturated rings. The van der Waals surface area contributed by atoms with E-state index in [0.29, 0.717) is 12.0 Å². The molecule has 94 valence electrons. The molecule has 0 saturated heterocycles. The van der Waals surface area contributed by atoms with Crippen molar-refractivity contribution in [1.82, 2.24) is 14.6 Å². The molecule has 4 nitrogen and oxygen atoms in total. The van der Waals surface area contributed by atoms with Crippen molar-refractivity contribution in [3.8, 4) is 0 Å². The molecule has 0 N–H and O–H groups in total. The quantitative estimate of drug-likeness (QED) is 0.672. The molecule has 0 bridgehead atoms. The summed E-state index contributed by atoms with van der Waals surface area (Å²) in [5.41, 5.74) is 3.57. The second kappa shape index (κ2) is 4.65. The van der Waals surface area contributed by atoms with Crippen molar-refractivity contribution in [2.45, 2.75) is 13.3 Å². The molecular weight excluding hydrogens is 238 g/mol. The van der Waals surface area contributed by atoms with Crippen LogP contribution in [0.1, 0.15) is 21.5 Å². The van der Waals surface area contributed by atoms with Gasteiger partial charge in [0.25, 0.3) is 0 Å². The first-order chi connectivity index (χ1) is 9.24. The van der Waals surface area contributed by atoms with E-state index in [1.807, 2.05) is 31.2 Å². The predicted octanol–water partition coefficient (Wildman–Crippen LogP) is 2.46. The molecule has 19 heavy (non-hydrogen) atoms. The number of carbonyl (C=O) groups is 1. The van der Waals surface area contributed by atoms with E-state index in [4.69, 9.17) is 0 Å². The third-order valence-electron chi connectivity index (χ3n) is 3.11. The minimum Gasteiger partial charge on any atom is -0.294 e. The van der Waals surface area contributed by atoms with Crippen LogP contribution in [0.5, 0.6) is 0 Å². The summed E-state index contributed by atoms with van der Waals surface area (Å²) in [6.07, 6.45) is 7.03. The van der Waals surface area contributed by atoms with E-state index < -0.39 is 0 Å². The van der Waals surface area contributed by atoms with E-state index in [1.54, 1.807) is 29.3 Å². The fourth-order valence-corrected chi connectivity index (χ4v) is 2.04. The van der Waals surface area contributed by atoms with Crippen LogP contribution in [0.4, 0.5) is 0 Å². The monoisotopic (exact) mass is 251 g/mol. The summed E-state index contributed by atoms with van der Waals surface area (Å²) in [7, 11) is 0. The number of hydrogen-bond donors (Lipinski definition) is 0. The lowest BCUT2D eigenvalue weighted by molar-refractivity contribution is 0.0994. The van der Waals surface area contributed by atoms with Gasteiger partial charge in [0.15, 0.2) is 5.78 Å². The standard InChI is InChI=1S/C15H13N3O/c1-11-2-4-12(5-3-11)8-15(19)13-9-17-18-7-6-16-10-14(13)18/h2-7,9-10H,8H2,1H3. The molecular formula is C15H13N3O. The van der Waals surface area contributed by atoms with Gasteiger partial charge in [-0.1, -0.05) is 29.8 Å². The van der Waals surface area contributed by atoms with Crippen LogP contribution in [0, 0.1) is 6.92 Å². The van der Waals surface area contributed by atoms with Crippen LogP contribution >= 0.6 is 0 Å². The lowest BCUT2D eigenvalue weighted by Crippen LogP contribution is -2.03. The minimum atomic E-state index is 0.0619. The number of nitrogens with zero attached hydrogens (tertiary/aromatic N) is 3. The Kier molecular flexibility index (Phi) is 2.83. The largest absolute Gasteiger partial charge is 0.294 e. The summed E-state index contributed by atoms with van der Waals surface area (Å²) >= 11 is 0. The molecule has 0 aliphatic rings. The van der Waals surface area contributed by atoms with Crippen LogP contribution < -0.4 is 0 Å². The van der Waals surface area contributed by atoms with Crippen molar-refractivity contribution in [1.29, 1.82) is 0 Å². The topological polar surface area (TPSA) is 47.3 Å². The number of rotatable bonds is 3. The molecule has 2 aromatic heterocycles. The first-order valence-corrected chi connectivity index (χ1v) is 6.10. The van der Waals surface area contributed by atoms with Gasteiger partial charge in [-0.3, -0.25) is 9.78 Å². The van der Waals surface area contributed by atoms with Gasteiger partial charge in [0.05, 0.1) is 23.5 Å². The molecule has 3 aromatic rings. The normalized spacial score (nSPS) is 10.8. The van der Waals surface area contributed by atoms with E-state index in [9.17, 15) is 4.79 Å². The van der Waals surface area contributed by atoms with Crippen LogP contribution in [0.25, 0.3) is 5.52 Å². The lowest BCUT2D eigenvalue weighted by atomic mass is 10.0. The number of ketones is 1. The third-order valence-corrected chi connectivity index (χ3v) is 3.11. The van der Waals surface area contributed by atoms with Gasteiger partial charge in [0.1, 0.15) is 0 Å². The van der Waals surface area contributed by atoms with Gasteiger partial charge in [-0.05, 0) is 12.5 Å². The molecule has 0 atom stereocenters. The van der Waals surface area contributed by atoms with Crippen molar-refractivity contribution < 1.29 is 4.79 Å². The van der Waals surface area contributed by atoms with Gasteiger partial charge in [0.2, 0.25) is 0 Å². The molecule has 0 aliphatic heterocycles. The Bertz CT molecular complexity index is 728. The number of aromatic nitrogens is 3. The highest BCUT2D eigenvalue weighted by molar-refractivity contribution is 6.03. The number of aryl methyl sites for hydroxylation is 1. The summed E-state index contributed by atoms with van der Waals surface area (Å²) in [6, 6.07) is 7.99. The minimum absolute atomic E-state index is 0.0619. The van der Waals surface area contributed by atoms with Crippen LogP contribution in [0.3, 0.4) is 0 Å². The van der Waals surface area contributed by atoms with Crippen LogP contribution in [0.2, 0.25) is 0 Å². The number of hydrogen-bond acceptors (Lipinski definition) is 3. The molecule has 0 saturated carbocycles. The number of carbonyl (C=O) groups excluding carboxylic acids is 1. The highest BCUT2D eigenvalue weighted by atomic mass is 16.1. The molecule has 3 rings (SSSR count). The molecule has 4 heteroatoms. The fourth-order valence-electron chi connectivity index (χ4n) is 2.04. The molecule has 0 spiro atoms. The Morgan fingerprint density at radius 2 is 2.00 bits per heavy atom. The van der Waals surface area contributed by atoms with E-state index in [1.165, 1.54) is 5.56 Å². The van der Waals surface area contributed by atoms with Gasteiger partial charge in [0, 0.05) is 18.8 Å². The van der Waals surface area contributed by atoms with Crippen molar-refractivity contribution >= 4 is 11.3 Å². The molecule has 2 heterocycles. The highest BCUT2D eigenvalue weighted by Gasteiger charge is 2.13. The molecule has 0 unspecified atom stereocenters. The zero-order valence-electron chi connectivity index (χ0n) is 10.6. The van der Waals surface area contributed by atoms with Gasteiger partial charge in [-0.15, -0.1) is 0 Å². The van der Waals surface area contributed by atoms with E-state index in [0.717, 1.165) is 11.1 Å². The van der Waals surface area contributed by atoms with E-state index >= 15 is 0 Å². The smallest absolute Gasteiger partial charge is 0.171 e. The summed E-state index contributed by atoms with van der Waals surface area (Å²) < 4.78 is 1.66. The van der Waals surface area contributed by atoms with Crippen LogP contribution in [-0.4, -0.2) is 20.4 Å². The SMILES string of the molecule is Cc1ccc(CC(=O)c2cnn3ccncc23)cc1.